The number of anilines is 2. The summed E-state index contributed by atoms with van der Waals surface area (Å²) in [6.07, 6.45) is -7.56. The second kappa shape index (κ2) is 25.1. The van der Waals surface area contributed by atoms with E-state index in [1.165, 1.54) is 36.4 Å². The van der Waals surface area contributed by atoms with Crippen LogP contribution in [0.2, 0.25) is 0 Å². The van der Waals surface area contributed by atoms with Crippen LogP contribution in [0.4, 0.5) is 17.1 Å². The lowest BCUT2D eigenvalue weighted by atomic mass is 10.1. The van der Waals surface area contributed by atoms with Gasteiger partial charge in [0.2, 0.25) is 42.3 Å². The van der Waals surface area contributed by atoms with Gasteiger partial charge in [-0.2, -0.15) is 0 Å². The molecule has 4 rings (SSSR count). The average molecular weight is 1010 g/mol. The highest BCUT2D eigenvalue weighted by molar-refractivity contribution is 6.00. The van der Waals surface area contributed by atoms with Gasteiger partial charge in [-0.3, -0.25) is 38.9 Å². The highest BCUT2D eigenvalue weighted by Crippen LogP contribution is 2.32. The topological polar surface area (TPSA) is 593 Å². The van der Waals surface area contributed by atoms with Gasteiger partial charge in [0, 0.05) is 12.6 Å². The first-order chi connectivity index (χ1) is 34.1. The van der Waals surface area contributed by atoms with Gasteiger partial charge in [-0.25, -0.2) is 35.3 Å². The van der Waals surface area contributed by atoms with E-state index in [2.05, 4.69) is 56.7 Å². The van der Waals surface area contributed by atoms with Gasteiger partial charge in [0.05, 0.1) is 16.3 Å². The van der Waals surface area contributed by atoms with Crippen molar-refractivity contribution < 1.29 is 53.7 Å². The summed E-state index contributed by atoms with van der Waals surface area (Å²) in [5, 5.41) is 50.2. The third-order valence-electron chi connectivity index (χ3n) is 9.02. The smallest absolute Gasteiger partial charge is 0.300 e. The standard InChI is InChI=1S/C37H47N23O12/c38-23(61)24(52-34(39)40)48-29(63)26(54-36(43)44)50-31(65)27(55-37(45)46)51-30(64)25(53-35(41)42)49-28(62)20(16-6-2-1-3-7-16)47-32(66)33(67)59(14-4-5-15-8-10-17(11-9-15)56-72-70)18-12-13-19(60(68)69)22-21(18)57-71-58-22/h1-13,20,24-27,33,56,67,70H,14H2,(H2,38,61)(H,47,66)(H,48,63)(H,49,62)(H,50,65)(H,51,64)(H4,39,40,52)(H4,41,42,53)(H4,43,44,54)(H4,45,46,55). The Hall–Kier alpha value is -10.4. The van der Waals surface area contributed by atoms with Gasteiger partial charge in [-0.1, -0.05) is 54.6 Å². The molecule has 72 heavy (non-hydrogen) atoms. The van der Waals surface area contributed by atoms with E-state index in [0.29, 0.717) is 11.3 Å². The van der Waals surface area contributed by atoms with Crippen molar-refractivity contribution in [1.29, 1.82) is 0 Å². The van der Waals surface area contributed by atoms with Gasteiger partial charge in [0.15, 0.2) is 29.4 Å². The van der Waals surface area contributed by atoms with E-state index >= 15 is 0 Å². The van der Waals surface area contributed by atoms with Gasteiger partial charge in [-0.15, -0.1) is 4.99 Å². The fraction of sp³-hybridized carbons (Fsp3) is 0.189. The lowest BCUT2D eigenvalue weighted by molar-refractivity contribution is -0.383. The minimum absolute atomic E-state index is 0.0500. The Kier molecular flexibility index (Phi) is 18.9. The van der Waals surface area contributed by atoms with Crippen LogP contribution in [0.3, 0.4) is 0 Å². The zero-order valence-electron chi connectivity index (χ0n) is 36.9. The Bertz CT molecular complexity index is 2770. The maximum absolute atomic E-state index is 14.2. The van der Waals surface area contributed by atoms with Gasteiger partial charge in [0.1, 0.15) is 6.04 Å². The molecule has 0 saturated heterocycles. The number of aliphatic hydroxyl groups excluding tert-OH is 1. The normalized spacial score (nSPS) is 13.2. The van der Waals surface area contributed by atoms with Crippen molar-refractivity contribution in [3.63, 3.8) is 0 Å². The lowest BCUT2D eigenvalue weighted by Crippen LogP contribution is -2.58. The number of fused-ring (bicyclic) bond motifs is 1. The predicted molar refractivity (Wildman–Crippen MR) is 252 cm³/mol. The summed E-state index contributed by atoms with van der Waals surface area (Å²) in [4.78, 5) is 111. The van der Waals surface area contributed by atoms with Crippen LogP contribution in [0.25, 0.3) is 17.1 Å². The molecule has 0 aliphatic heterocycles. The average Bonchev–Trinajstić information content (AvgIpc) is 3.81. The number of carbonyl (C=O) groups excluding carboxylic acids is 6. The van der Waals surface area contributed by atoms with Crippen molar-refractivity contribution in [2.45, 2.75) is 36.9 Å². The number of aliphatic hydroxyl groups is 1. The number of guanidine groups is 4. The van der Waals surface area contributed by atoms with Crippen LogP contribution in [0, 0.1) is 10.1 Å². The molecule has 1 aromatic heterocycles. The molecule has 3 aromatic carbocycles. The summed E-state index contributed by atoms with van der Waals surface area (Å²) in [5.41, 5.74) is 50.8. The first-order valence-electron chi connectivity index (χ1n) is 20.0. The van der Waals surface area contributed by atoms with Crippen LogP contribution in [0.15, 0.2) is 97.4 Å². The predicted octanol–water partition coefficient (Wildman–Crippen LogP) is -7.01. The van der Waals surface area contributed by atoms with Crippen LogP contribution in [-0.4, -0.2) is 122 Å². The number of amides is 6. The SMILES string of the molecule is NC(=O)C(N=C(N)N)NC(=O)C(N=C(N)N)NC(=O)C(N=C(N)N)NC(=O)C(N=C(N)N)NC(=O)C(NC(=O)C(O)N(CC=Cc1ccc(NOO)cc1)c1ccc([N+](=O)[O-])c2nonc12)c1ccccc1. The van der Waals surface area contributed by atoms with Crippen LogP contribution in [0.1, 0.15) is 17.2 Å². The number of non-ortho nitro benzene ring substituents is 1. The summed E-state index contributed by atoms with van der Waals surface area (Å²) in [6, 6.07) is 14.0. The van der Waals surface area contributed by atoms with Crippen LogP contribution < -0.4 is 88.6 Å². The highest BCUT2D eigenvalue weighted by Gasteiger charge is 2.35. The lowest BCUT2D eigenvalue weighted by Gasteiger charge is -2.30. The second-order valence-electron chi connectivity index (χ2n) is 14.2. The van der Waals surface area contributed by atoms with Crippen molar-refractivity contribution >= 4 is 93.5 Å². The number of benzene rings is 3. The number of hydrogen-bond acceptors (Lipinski definition) is 20. The van der Waals surface area contributed by atoms with E-state index in [1.54, 1.807) is 36.4 Å². The quantitative estimate of drug-likeness (QED) is 0.00774. The molecule has 382 valence electrons. The minimum Gasteiger partial charge on any atom is -0.370 e. The number of rotatable bonds is 24. The van der Waals surface area contributed by atoms with Crippen molar-refractivity contribution in [2.24, 2.45) is 71.6 Å². The van der Waals surface area contributed by atoms with Crippen molar-refractivity contribution in [1.82, 2.24) is 36.9 Å². The zero-order valence-corrected chi connectivity index (χ0v) is 36.9. The van der Waals surface area contributed by atoms with E-state index < -0.39 is 107 Å². The Balaban J connectivity index is 1.66. The summed E-state index contributed by atoms with van der Waals surface area (Å²) in [6.45, 7) is -0.323. The Morgan fingerprint density at radius 2 is 1.15 bits per heavy atom. The van der Waals surface area contributed by atoms with Gasteiger partial charge in [-0.05, 0) is 39.6 Å². The van der Waals surface area contributed by atoms with Gasteiger partial charge in [0.25, 0.3) is 29.5 Å². The first-order valence-corrected chi connectivity index (χ1v) is 20.0. The summed E-state index contributed by atoms with van der Waals surface area (Å²) >= 11 is 0. The molecule has 0 radical (unpaired) electrons. The fourth-order valence-electron chi connectivity index (χ4n) is 5.96. The molecular formula is C37H47N23O12. The fourth-order valence-corrected chi connectivity index (χ4v) is 5.96. The van der Waals surface area contributed by atoms with Gasteiger partial charge >= 0.3 is 5.69 Å². The molecule has 0 bridgehead atoms. The van der Waals surface area contributed by atoms with E-state index in [1.807, 2.05) is 10.6 Å². The number of aromatic nitrogens is 2. The molecule has 0 fully saturated rings. The van der Waals surface area contributed by atoms with Crippen molar-refractivity contribution in [2.75, 3.05) is 16.9 Å². The first kappa shape index (κ1) is 54.2. The Morgan fingerprint density at radius 1 is 0.667 bits per heavy atom. The molecule has 35 heteroatoms. The van der Waals surface area contributed by atoms with E-state index in [9.17, 15) is 44.0 Å². The van der Waals surface area contributed by atoms with Crippen LogP contribution in [0.5, 0.6) is 0 Å². The molecule has 1 heterocycles. The number of nitrogens with one attached hydrogen (secondary N) is 6. The summed E-state index contributed by atoms with van der Waals surface area (Å²) in [7, 11) is 0. The van der Waals surface area contributed by atoms with E-state index in [0.717, 1.165) is 11.0 Å². The minimum atomic E-state index is -2.24. The third kappa shape index (κ3) is 15.3. The van der Waals surface area contributed by atoms with Crippen LogP contribution >= 0.6 is 0 Å². The molecule has 0 spiro atoms. The number of nitro benzene ring substituents is 1. The number of nitro groups is 1. The van der Waals surface area contributed by atoms with Crippen LogP contribution in [-0.2, 0) is 33.8 Å². The molecule has 6 unspecified atom stereocenters. The van der Waals surface area contributed by atoms with Crippen molar-refractivity contribution in [3.05, 3.63) is 94.0 Å². The largest absolute Gasteiger partial charge is 0.370 e. The number of nitrogens with two attached hydrogens (primary N) is 9. The molecule has 0 saturated carbocycles. The van der Waals surface area contributed by atoms with E-state index in [-0.39, 0.29) is 28.8 Å². The molecule has 0 aliphatic rings. The Labute approximate surface area is 403 Å². The highest BCUT2D eigenvalue weighted by atomic mass is 17.2. The van der Waals surface area contributed by atoms with E-state index in [4.69, 9.17) is 61.5 Å². The molecule has 26 N–H and O–H groups in total. The molecule has 6 atom stereocenters. The molecular weight excluding hydrogens is 959 g/mol. The number of aliphatic imine (C=N–C) groups is 4. The molecule has 6 amide bonds. The van der Waals surface area contributed by atoms with Gasteiger partial charge < -0.3 is 88.2 Å². The molecule has 0 aliphatic carbocycles. The zero-order chi connectivity index (χ0) is 53.2. The Morgan fingerprint density at radius 3 is 1.64 bits per heavy atom. The maximum Gasteiger partial charge on any atom is 0.300 e. The van der Waals surface area contributed by atoms with Crippen molar-refractivity contribution in [3.8, 4) is 0 Å². The monoisotopic (exact) mass is 1010 g/mol. The number of primary amides is 1. The number of hydrogen-bond donors (Lipinski definition) is 17. The summed E-state index contributed by atoms with van der Waals surface area (Å²) < 4.78 is 4.78. The second-order valence-corrected chi connectivity index (χ2v) is 14.2. The third-order valence-corrected chi connectivity index (χ3v) is 9.02. The molecule has 35 nitrogen and oxygen atoms in total. The number of carbonyl (C=O) groups is 6. The number of nitrogens with zero attached hydrogens (tertiary/aromatic N) is 8. The maximum atomic E-state index is 14.2. The summed E-state index contributed by atoms with van der Waals surface area (Å²) in [5.74, 6) is -11.0. The molecule has 4 aromatic rings.